The fourth-order valence-electron chi connectivity index (χ4n) is 4.40. The van der Waals surface area contributed by atoms with Gasteiger partial charge in [0.25, 0.3) is 0 Å². The molecule has 1 saturated carbocycles. The highest BCUT2D eigenvalue weighted by molar-refractivity contribution is 7.71. The van der Waals surface area contributed by atoms with E-state index in [0.717, 1.165) is 43.6 Å². The molecule has 1 aromatic heterocycles. The second kappa shape index (κ2) is 8.25. The van der Waals surface area contributed by atoms with Gasteiger partial charge in [-0.25, -0.2) is 4.68 Å². The topological polar surface area (TPSA) is 35.2 Å². The number of morpholine rings is 1. The van der Waals surface area contributed by atoms with Crippen molar-refractivity contribution >= 4 is 12.2 Å². The Bertz CT molecular complexity index is 837. The Morgan fingerprint density at radius 2 is 1.96 bits per heavy atom. The maximum atomic E-state index is 5.95. The standard InChI is InChI=1S/C21H30N4OS/c1-16-6-5-8-18(14-16)20-22-24(15-23-10-12-26-13-11-23)21(27)25(20)19-9-4-3-7-17(19)2/h5-6,8,14,17,19H,3-4,7,9-13,15H2,1-2H3/t17-,19+/m1/s1. The zero-order valence-electron chi connectivity index (χ0n) is 16.4. The van der Waals surface area contributed by atoms with Crippen LogP contribution in [0.4, 0.5) is 0 Å². The summed E-state index contributed by atoms with van der Waals surface area (Å²) >= 11 is 5.95. The van der Waals surface area contributed by atoms with Crippen molar-refractivity contribution in [1.82, 2.24) is 19.2 Å². The van der Waals surface area contributed by atoms with Gasteiger partial charge in [0, 0.05) is 24.7 Å². The molecular formula is C21H30N4OS. The molecule has 1 aromatic carbocycles. The van der Waals surface area contributed by atoms with E-state index in [2.05, 4.69) is 47.6 Å². The minimum Gasteiger partial charge on any atom is -0.379 e. The first-order chi connectivity index (χ1) is 13.1. The predicted molar refractivity (Wildman–Crippen MR) is 110 cm³/mol. The van der Waals surface area contributed by atoms with Crippen LogP contribution in [-0.2, 0) is 11.4 Å². The third-order valence-electron chi connectivity index (χ3n) is 5.98. The molecular weight excluding hydrogens is 356 g/mol. The van der Waals surface area contributed by atoms with Gasteiger partial charge in [0.1, 0.15) is 0 Å². The van der Waals surface area contributed by atoms with Crippen molar-refractivity contribution in [2.75, 3.05) is 26.3 Å². The number of hydrogen-bond acceptors (Lipinski definition) is 4. The van der Waals surface area contributed by atoms with Crippen LogP contribution in [0, 0.1) is 17.6 Å². The Morgan fingerprint density at radius 3 is 2.70 bits per heavy atom. The Kier molecular flexibility index (Phi) is 5.76. The number of benzene rings is 1. The van der Waals surface area contributed by atoms with E-state index in [4.69, 9.17) is 22.1 Å². The number of hydrogen-bond donors (Lipinski definition) is 0. The summed E-state index contributed by atoms with van der Waals surface area (Å²) in [4.78, 5) is 2.38. The number of ether oxygens (including phenoxy) is 1. The lowest BCUT2D eigenvalue weighted by Crippen LogP contribution is -2.37. The molecule has 2 aliphatic rings. The van der Waals surface area contributed by atoms with Crippen LogP contribution in [-0.4, -0.2) is 45.6 Å². The van der Waals surface area contributed by atoms with Crippen LogP contribution in [0.2, 0.25) is 0 Å². The quantitative estimate of drug-likeness (QED) is 0.728. The van der Waals surface area contributed by atoms with Gasteiger partial charge in [-0.3, -0.25) is 9.47 Å². The van der Waals surface area contributed by atoms with Crippen LogP contribution in [0.25, 0.3) is 11.4 Å². The molecule has 27 heavy (non-hydrogen) atoms. The zero-order valence-corrected chi connectivity index (χ0v) is 17.2. The smallest absolute Gasteiger partial charge is 0.199 e. The van der Waals surface area contributed by atoms with Crippen molar-refractivity contribution in [3.05, 3.63) is 34.6 Å². The van der Waals surface area contributed by atoms with Gasteiger partial charge in [-0.05, 0) is 44.0 Å². The van der Waals surface area contributed by atoms with E-state index in [-0.39, 0.29) is 0 Å². The summed E-state index contributed by atoms with van der Waals surface area (Å²) in [6, 6.07) is 9.08. The van der Waals surface area contributed by atoms with E-state index < -0.39 is 0 Å². The van der Waals surface area contributed by atoms with E-state index in [1.807, 2.05) is 4.68 Å². The van der Waals surface area contributed by atoms with Crippen molar-refractivity contribution in [1.29, 1.82) is 0 Å². The molecule has 146 valence electrons. The molecule has 0 amide bonds. The highest BCUT2D eigenvalue weighted by Gasteiger charge is 2.28. The first-order valence-corrected chi connectivity index (χ1v) is 10.6. The number of nitrogens with zero attached hydrogens (tertiary/aromatic N) is 4. The minimum atomic E-state index is 0.445. The molecule has 2 heterocycles. The molecule has 6 heteroatoms. The highest BCUT2D eigenvalue weighted by atomic mass is 32.1. The minimum absolute atomic E-state index is 0.445. The lowest BCUT2D eigenvalue weighted by molar-refractivity contribution is 0.0209. The van der Waals surface area contributed by atoms with Crippen molar-refractivity contribution in [2.24, 2.45) is 5.92 Å². The first-order valence-electron chi connectivity index (χ1n) is 10.2. The first kappa shape index (κ1) is 18.8. The molecule has 5 nitrogen and oxygen atoms in total. The van der Waals surface area contributed by atoms with Gasteiger partial charge < -0.3 is 4.74 Å². The molecule has 0 radical (unpaired) electrons. The van der Waals surface area contributed by atoms with E-state index in [9.17, 15) is 0 Å². The summed E-state index contributed by atoms with van der Waals surface area (Å²) in [7, 11) is 0. The number of aromatic nitrogens is 3. The molecule has 2 aromatic rings. The second-order valence-corrected chi connectivity index (χ2v) is 8.41. The molecule has 0 bridgehead atoms. The summed E-state index contributed by atoms with van der Waals surface area (Å²) < 4.78 is 10.7. The monoisotopic (exact) mass is 386 g/mol. The van der Waals surface area contributed by atoms with Crippen LogP contribution >= 0.6 is 12.2 Å². The van der Waals surface area contributed by atoms with E-state index in [1.54, 1.807) is 0 Å². The van der Waals surface area contributed by atoms with Gasteiger partial charge in [-0.1, -0.05) is 43.5 Å². The fraction of sp³-hybridized carbons (Fsp3) is 0.619. The van der Waals surface area contributed by atoms with Crippen LogP contribution in [0.3, 0.4) is 0 Å². The Labute approximate surface area is 166 Å². The summed E-state index contributed by atoms with van der Waals surface area (Å²) in [6.07, 6.45) is 5.07. The Morgan fingerprint density at radius 1 is 1.19 bits per heavy atom. The van der Waals surface area contributed by atoms with Crippen LogP contribution in [0.5, 0.6) is 0 Å². The average Bonchev–Trinajstić information content (AvgIpc) is 2.99. The molecule has 1 aliphatic heterocycles. The van der Waals surface area contributed by atoms with Gasteiger partial charge in [-0.15, -0.1) is 0 Å². The fourth-order valence-corrected chi connectivity index (χ4v) is 4.72. The lowest BCUT2D eigenvalue weighted by atomic mass is 9.85. The van der Waals surface area contributed by atoms with Crippen LogP contribution in [0.1, 0.15) is 44.2 Å². The maximum absolute atomic E-state index is 5.95. The third kappa shape index (κ3) is 4.03. The zero-order chi connectivity index (χ0) is 18.8. The molecule has 1 aliphatic carbocycles. The van der Waals surface area contributed by atoms with Crippen molar-refractivity contribution in [2.45, 2.75) is 52.2 Å². The van der Waals surface area contributed by atoms with E-state index in [0.29, 0.717) is 12.0 Å². The Hall–Kier alpha value is -1.50. The molecule has 1 saturated heterocycles. The lowest BCUT2D eigenvalue weighted by Gasteiger charge is -2.30. The van der Waals surface area contributed by atoms with Gasteiger partial charge >= 0.3 is 0 Å². The number of rotatable bonds is 4. The van der Waals surface area contributed by atoms with Crippen molar-refractivity contribution in [3.8, 4) is 11.4 Å². The third-order valence-corrected chi connectivity index (χ3v) is 6.39. The summed E-state index contributed by atoms with van der Waals surface area (Å²) in [5.74, 6) is 1.66. The molecule has 0 spiro atoms. The summed E-state index contributed by atoms with van der Waals surface area (Å²) in [6.45, 7) is 8.70. The largest absolute Gasteiger partial charge is 0.379 e. The van der Waals surface area contributed by atoms with E-state index in [1.165, 1.54) is 36.8 Å². The molecule has 4 rings (SSSR count). The Balaban J connectivity index is 1.75. The summed E-state index contributed by atoms with van der Waals surface area (Å²) in [5.41, 5.74) is 2.42. The van der Waals surface area contributed by atoms with Crippen LogP contribution < -0.4 is 0 Å². The highest BCUT2D eigenvalue weighted by Crippen LogP contribution is 2.36. The van der Waals surface area contributed by atoms with Gasteiger partial charge in [-0.2, -0.15) is 5.10 Å². The molecule has 0 N–H and O–H groups in total. The van der Waals surface area contributed by atoms with Crippen molar-refractivity contribution < 1.29 is 4.74 Å². The average molecular weight is 387 g/mol. The number of aryl methyl sites for hydroxylation is 1. The van der Waals surface area contributed by atoms with Crippen LogP contribution in [0.15, 0.2) is 24.3 Å². The van der Waals surface area contributed by atoms with E-state index >= 15 is 0 Å². The molecule has 2 fully saturated rings. The second-order valence-electron chi connectivity index (χ2n) is 8.05. The summed E-state index contributed by atoms with van der Waals surface area (Å²) in [5, 5.41) is 5.02. The normalized spacial score (nSPS) is 24.2. The SMILES string of the molecule is Cc1cccc(-c2nn(CN3CCOCC3)c(=S)n2[C@H]2CCCC[C@H]2C)c1. The van der Waals surface area contributed by atoms with Gasteiger partial charge in [0.2, 0.25) is 0 Å². The molecule has 2 atom stereocenters. The van der Waals surface area contributed by atoms with Gasteiger partial charge in [0.05, 0.1) is 19.9 Å². The molecule has 0 unspecified atom stereocenters. The maximum Gasteiger partial charge on any atom is 0.199 e. The predicted octanol–water partition coefficient (Wildman–Crippen LogP) is 4.43. The van der Waals surface area contributed by atoms with Gasteiger partial charge in [0.15, 0.2) is 10.6 Å². The van der Waals surface area contributed by atoms with Crippen molar-refractivity contribution in [3.63, 3.8) is 0 Å².